The van der Waals surface area contributed by atoms with Gasteiger partial charge < -0.3 is 24.6 Å². The topological polar surface area (TPSA) is 66.9 Å². The minimum atomic E-state index is -0.124. The number of hydrogen-bond acceptors (Lipinski definition) is 6. The van der Waals surface area contributed by atoms with Gasteiger partial charge in [0.15, 0.2) is 5.13 Å². The highest BCUT2D eigenvalue weighted by Gasteiger charge is 2.23. The lowest BCUT2D eigenvalue weighted by molar-refractivity contribution is 0.208. The fourth-order valence-electron chi connectivity index (χ4n) is 3.68. The number of benzene rings is 2. The summed E-state index contributed by atoms with van der Waals surface area (Å²) in [5.74, 6) is 1.27. The Labute approximate surface area is 180 Å². The number of fused-ring (bicyclic) bond motifs is 1. The lowest BCUT2D eigenvalue weighted by Crippen LogP contribution is -2.50. The van der Waals surface area contributed by atoms with Crippen molar-refractivity contribution in [3.63, 3.8) is 0 Å². The predicted octanol–water partition coefficient (Wildman–Crippen LogP) is 4.28. The molecule has 3 aromatic rings. The second kappa shape index (κ2) is 8.39. The minimum Gasteiger partial charge on any atom is -0.497 e. The highest BCUT2D eigenvalue weighted by molar-refractivity contribution is 7.22. The fourth-order valence-corrected chi connectivity index (χ4v) is 4.75. The van der Waals surface area contributed by atoms with Crippen LogP contribution in [0.3, 0.4) is 0 Å². The maximum absolute atomic E-state index is 12.7. The van der Waals surface area contributed by atoms with Gasteiger partial charge in [0.05, 0.1) is 24.4 Å². The molecule has 7 nitrogen and oxygen atoms in total. The van der Waals surface area contributed by atoms with E-state index >= 15 is 0 Å². The van der Waals surface area contributed by atoms with Gasteiger partial charge in [-0.2, -0.15) is 0 Å². The van der Waals surface area contributed by atoms with E-state index in [-0.39, 0.29) is 6.03 Å². The molecule has 1 aliphatic rings. The first-order valence-corrected chi connectivity index (χ1v) is 10.7. The maximum Gasteiger partial charge on any atom is 0.321 e. The molecule has 0 radical (unpaired) electrons. The Balaban J connectivity index is 1.41. The molecule has 1 aromatic heterocycles. The molecular formula is C22H26N4O3S. The van der Waals surface area contributed by atoms with Crippen molar-refractivity contribution in [1.82, 2.24) is 9.88 Å². The Hall–Kier alpha value is -3.00. The zero-order valence-electron chi connectivity index (χ0n) is 17.7. The van der Waals surface area contributed by atoms with Crippen LogP contribution in [-0.2, 0) is 0 Å². The summed E-state index contributed by atoms with van der Waals surface area (Å²) in [5.41, 5.74) is 4.20. The molecule has 1 N–H and O–H groups in total. The number of urea groups is 1. The number of nitrogens with one attached hydrogen (secondary N) is 1. The molecule has 0 spiro atoms. The standard InChI is InChI=1S/C22H26N4O3S/c1-14-9-15(2)20-19(10-14)24-22(30-20)26-7-5-25(6-8-26)21(27)23-16-11-17(28-3)13-18(12-16)29-4/h9-13H,5-8H2,1-4H3,(H,23,27). The molecule has 2 amide bonds. The van der Waals surface area contributed by atoms with Crippen LogP contribution >= 0.6 is 11.3 Å². The Bertz CT molecular complexity index is 1050. The molecule has 30 heavy (non-hydrogen) atoms. The average molecular weight is 427 g/mol. The average Bonchev–Trinajstić information content (AvgIpc) is 3.18. The van der Waals surface area contributed by atoms with Crippen LogP contribution in [0.5, 0.6) is 11.5 Å². The van der Waals surface area contributed by atoms with Crippen molar-refractivity contribution in [2.45, 2.75) is 13.8 Å². The van der Waals surface area contributed by atoms with Gasteiger partial charge in [-0.15, -0.1) is 0 Å². The summed E-state index contributed by atoms with van der Waals surface area (Å²) in [6, 6.07) is 9.54. The number of rotatable bonds is 4. The molecule has 8 heteroatoms. The summed E-state index contributed by atoms with van der Waals surface area (Å²) >= 11 is 1.73. The van der Waals surface area contributed by atoms with Crippen molar-refractivity contribution >= 4 is 38.4 Å². The predicted molar refractivity (Wildman–Crippen MR) is 121 cm³/mol. The number of amides is 2. The van der Waals surface area contributed by atoms with E-state index in [2.05, 4.69) is 36.2 Å². The number of aromatic nitrogens is 1. The summed E-state index contributed by atoms with van der Waals surface area (Å²) in [4.78, 5) is 21.7. The Morgan fingerprint density at radius 1 is 1.00 bits per heavy atom. The van der Waals surface area contributed by atoms with Crippen LogP contribution in [0.15, 0.2) is 30.3 Å². The van der Waals surface area contributed by atoms with Gasteiger partial charge in [0.25, 0.3) is 0 Å². The normalized spacial score (nSPS) is 14.1. The van der Waals surface area contributed by atoms with E-state index in [4.69, 9.17) is 14.5 Å². The molecule has 0 bridgehead atoms. The number of anilines is 2. The molecule has 2 heterocycles. The molecule has 1 saturated heterocycles. The third-order valence-electron chi connectivity index (χ3n) is 5.25. The lowest BCUT2D eigenvalue weighted by Gasteiger charge is -2.34. The van der Waals surface area contributed by atoms with E-state index in [9.17, 15) is 4.79 Å². The van der Waals surface area contributed by atoms with Gasteiger partial charge in [0, 0.05) is 50.1 Å². The molecule has 158 valence electrons. The van der Waals surface area contributed by atoms with Gasteiger partial charge in [0.2, 0.25) is 0 Å². The minimum absolute atomic E-state index is 0.124. The lowest BCUT2D eigenvalue weighted by atomic mass is 10.1. The number of hydrogen-bond donors (Lipinski definition) is 1. The second-order valence-electron chi connectivity index (χ2n) is 7.43. The third-order valence-corrected chi connectivity index (χ3v) is 6.52. The number of ether oxygens (including phenoxy) is 2. The highest BCUT2D eigenvalue weighted by Crippen LogP contribution is 2.32. The number of piperazine rings is 1. The largest absolute Gasteiger partial charge is 0.497 e. The van der Waals surface area contributed by atoms with Gasteiger partial charge in [-0.05, 0) is 31.0 Å². The second-order valence-corrected chi connectivity index (χ2v) is 8.41. The van der Waals surface area contributed by atoms with Gasteiger partial charge in [-0.3, -0.25) is 0 Å². The quantitative estimate of drug-likeness (QED) is 0.674. The number of methoxy groups -OCH3 is 2. The van der Waals surface area contributed by atoms with Gasteiger partial charge in [0.1, 0.15) is 11.5 Å². The summed E-state index contributed by atoms with van der Waals surface area (Å²) < 4.78 is 11.8. The molecule has 0 aliphatic carbocycles. The molecule has 1 aliphatic heterocycles. The fraction of sp³-hybridized carbons (Fsp3) is 0.364. The van der Waals surface area contributed by atoms with Crippen LogP contribution in [0.1, 0.15) is 11.1 Å². The van der Waals surface area contributed by atoms with Gasteiger partial charge in [-0.1, -0.05) is 17.4 Å². The Morgan fingerprint density at radius 3 is 2.30 bits per heavy atom. The Morgan fingerprint density at radius 2 is 1.67 bits per heavy atom. The first kappa shape index (κ1) is 20.3. The molecule has 0 saturated carbocycles. The van der Waals surface area contributed by atoms with Crippen LogP contribution < -0.4 is 19.7 Å². The monoisotopic (exact) mass is 426 g/mol. The van der Waals surface area contributed by atoms with Crippen molar-refractivity contribution in [2.75, 3.05) is 50.6 Å². The molecule has 1 fully saturated rings. The van der Waals surface area contributed by atoms with Crippen LogP contribution in [0, 0.1) is 13.8 Å². The smallest absolute Gasteiger partial charge is 0.321 e. The summed E-state index contributed by atoms with van der Waals surface area (Å²) in [6.45, 7) is 7.02. The van der Waals surface area contributed by atoms with E-state index in [0.717, 1.165) is 23.7 Å². The van der Waals surface area contributed by atoms with Gasteiger partial charge >= 0.3 is 6.03 Å². The number of carbonyl (C=O) groups is 1. The highest BCUT2D eigenvalue weighted by atomic mass is 32.1. The number of thiazole rings is 1. The van der Waals surface area contributed by atoms with E-state index < -0.39 is 0 Å². The SMILES string of the molecule is COc1cc(NC(=O)N2CCN(c3nc4cc(C)cc(C)c4s3)CC2)cc(OC)c1. The first-order chi connectivity index (χ1) is 14.5. The summed E-state index contributed by atoms with van der Waals surface area (Å²) in [7, 11) is 3.18. The molecule has 0 atom stereocenters. The summed E-state index contributed by atoms with van der Waals surface area (Å²) in [5, 5.41) is 3.97. The number of nitrogens with zero attached hydrogens (tertiary/aromatic N) is 3. The van der Waals surface area contributed by atoms with Crippen molar-refractivity contribution in [3.8, 4) is 11.5 Å². The van der Waals surface area contributed by atoms with E-state index in [1.54, 1.807) is 43.8 Å². The maximum atomic E-state index is 12.7. The van der Waals surface area contributed by atoms with Crippen molar-refractivity contribution in [1.29, 1.82) is 0 Å². The van der Waals surface area contributed by atoms with Crippen molar-refractivity contribution < 1.29 is 14.3 Å². The van der Waals surface area contributed by atoms with Crippen LogP contribution in [0.25, 0.3) is 10.2 Å². The third kappa shape index (κ3) is 4.14. The van der Waals surface area contributed by atoms with Crippen LogP contribution in [-0.4, -0.2) is 56.3 Å². The van der Waals surface area contributed by atoms with Gasteiger partial charge in [-0.25, -0.2) is 9.78 Å². The van der Waals surface area contributed by atoms with Crippen molar-refractivity contribution in [3.05, 3.63) is 41.5 Å². The zero-order valence-corrected chi connectivity index (χ0v) is 18.5. The van der Waals surface area contributed by atoms with E-state index in [1.807, 2.05) is 4.90 Å². The molecular weight excluding hydrogens is 400 g/mol. The van der Waals surface area contributed by atoms with Crippen LogP contribution in [0.2, 0.25) is 0 Å². The Kier molecular flexibility index (Phi) is 5.67. The zero-order chi connectivity index (χ0) is 21.3. The molecule has 2 aromatic carbocycles. The summed E-state index contributed by atoms with van der Waals surface area (Å²) in [6.07, 6.45) is 0. The van der Waals surface area contributed by atoms with E-state index in [1.165, 1.54) is 15.8 Å². The van der Waals surface area contributed by atoms with E-state index in [0.29, 0.717) is 30.3 Å². The number of aryl methyl sites for hydroxylation is 2. The molecule has 0 unspecified atom stereocenters. The van der Waals surface area contributed by atoms with Crippen LogP contribution in [0.4, 0.5) is 15.6 Å². The number of carbonyl (C=O) groups excluding carboxylic acids is 1. The molecule has 4 rings (SSSR count). The first-order valence-electron chi connectivity index (χ1n) is 9.88. The van der Waals surface area contributed by atoms with Crippen molar-refractivity contribution in [2.24, 2.45) is 0 Å².